The van der Waals surface area contributed by atoms with E-state index in [0.29, 0.717) is 38.1 Å². The van der Waals surface area contributed by atoms with E-state index in [1.54, 1.807) is 48.5 Å². The highest BCUT2D eigenvalue weighted by Gasteiger charge is 2.22. The van der Waals surface area contributed by atoms with Crippen LogP contribution < -0.4 is 5.46 Å². The smallest absolute Gasteiger partial charge is 0.423 e. The van der Waals surface area contributed by atoms with Gasteiger partial charge >= 0.3 is 7.12 Å². The van der Waals surface area contributed by atoms with Gasteiger partial charge in [-0.3, -0.25) is 0 Å². The van der Waals surface area contributed by atoms with E-state index in [0.717, 1.165) is 37.1 Å². The molecule has 0 radical (unpaired) electrons. The molecule has 0 aliphatic carbocycles. The van der Waals surface area contributed by atoms with E-state index in [4.69, 9.17) is 13.7 Å². The van der Waals surface area contributed by atoms with Gasteiger partial charge in [0.25, 0.3) is 0 Å². The van der Waals surface area contributed by atoms with Gasteiger partial charge in [0.15, 0.2) is 0 Å². The number of hydrogen-bond donors (Lipinski definition) is 2. The van der Waals surface area contributed by atoms with Crippen LogP contribution in [0.3, 0.4) is 0 Å². The summed E-state index contributed by atoms with van der Waals surface area (Å²) in [4.78, 5) is 0. The fraction of sp³-hybridized carbons (Fsp3) is 0. The third-order valence-electron chi connectivity index (χ3n) is 13.4. The van der Waals surface area contributed by atoms with Crippen LogP contribution in [-0.4, -0.2) is 17.2 Å². The Balaban J connectivity index is 0.000000134. The molecule has 0 unspecified atom stereocenters. The first-order valence-electron chi connectivity index (χ1n) is 28.5. The summed E-state index contributed by atoms with van der Waals surface area (Å²) in [6.07, 6.45) is 0. The summed E-state index contributed by atoms with van der Waals surface area (Å²) in [6, 6.07) is 65.2. The van der Waals surface area contributed by atoms with Crippen molar-refractivity contribution in [1.29, 1.82) is 0 Å². The van der Waals surface area contributed by atoms with Gasteiger partial charge in [-0.15, -0.1) is 0 Å². The molecule has 0 saturated carbocycles. The van der Waals surface area contributed by atoms with E-state index in [-0.39, 0.29) is 53.4 Å². The highest BCUT2D eigenvalue weighted by Crippen LogP contribution is 2.44. The summed E-state index contributed by atoms with van der Waals surface area (Å²) in [7, 11) is -1.72. The summed E-state index contributed by atoms with van der Waals surface area (Å²) in [5.41, 5.74) is 3.91. The zero-order valence-corrected chi connectivity index (χ0v) is 40.1. The lowest BCUT2D eigenvalue weighted by molar-refractivity contribution is 0.426. The number of benzene rings is 14. The number of fused-ring (bicyclic) bond motifs is 10. The number of hydrogen-bond acceptors (Lipinski definition) is 2. The van der Waals surface area contributed by atoms with E-state index in [1.165, 1.54) is 43.1 Å². The Morgan fingerprint density at radius 1 is 0.292 bits per heavy atom. The SMILES string of the molecule is Brc1ccc2ccc3ccccc3c2c1.[2H]c1c([2H])c([2H])c(-c2c3ccccc3c(-c3ccc4ccc5ccccc5c4c3)c3ccccc23)c([2H])c1[2H].[2H]c1c([2H])c([2H])c(-c2c3ccccc3c(B(O)O)c3ccccc23)c([2H])c1[2H]. The molecule has 0 spiro atoms. The molecule has 72 heavy (non-hydrogen) atoms. The molecule has 0 aromatic heterocycles. The minimum Gasteiger partial charge on any atom is -0.423 e. The van der Waals surface area contributed by atoms with Crippen LogP contribution >= 0.6 is 15.9 Å². The third-order valence-corrected chi connectivity index (χ3v) is 13.9. The molecule has 14 aromatic carbocycles. The lowest BCUT2D eigenvalue weighted by Crippen LogP contribution is -2.31. The molecule has 0 aliphatic rings. The maximum absolute atomic E-state index is 10.0. The minimum atomic E-state index is -1.72. The average molecular weight is 996 g/mol. The first kappa shape index (κ1) is 34.8. The quantitative estimate of drug-likeness (QED) is 0.105. The van der Waals surface area contributed by atoms with Crippen molar-refractivity contribution in [3.05, 3.63) is 271 Å². The van der Waals surface area contributed by atoms with Gasteiger partial charge in [0.2, 0.25) is 0 Å². The largest absolute Gasteiger partial charge is 0.489 e. The fourth-order valence-electron chi connectivity index (χ4n) is 10.3. The van der Waals surface area contributed by atoms with Crippen molar-refractivity contribution < 1.29 is 23.8 Å². The maximum atomic E-state index is 10.0. The molecule has 14 rings (SSSR count). The fourth-order valence-corrected chi connectivity index (χ4v) is 10.7. The second-order valence-electron chi connectivity index (χ2n) is 17.5. The summed E-state index contributed by atoms with van der Waals surface area (Å²) < 4.78 is 84.0. The molecule has 0 saturated heterocycles. The van der Waals surface area contributed by atoms with Crippen molar-refractivity contribution in [2.45, 2.75) is 0 Å². The molecule has 14 aromatic rings. The van der Waals surface area contributed by atoms with E-state index < -0.39 is 25.2 Å². The normalized spacial score (nSPS) is 13.2. The van der Waals surface area contributed by atoms with Gasteiger partial charge in [-0.05, 0) is 143 Å². The maximum Gasteiger partial charge on any atom is 0.489 e. The standard InChI is InChI=1S/C34H22.C20H15BO2.C14H9Br/c1-2-11-25(12-3-1)33-28-14-6-8-16-30(28)34(31-17-9-7-15-29(31)33)26-21-20-24-19-18-23-10-4-5-13-27(23)32(24)22-26;22-21(23)20-17-12-6-4-10-15(17)19(14-8-2-1-3-9-14)16-11-5-7-13-18(16)20;15-12-8-7-11-6-5-10-3-1-2-4-13(10)14(11)9-12/h1-22H;1-13,22-23H;1-9H/i1D,2D,3D,11D,12D;1D,2D,3D,8D,9D;. The molecular formula is C68H46BBrO2. The van der Waals surface area contributed by atoms with Crippen LogP contribution in [0.1, 0.15) is 13.7 Å². The molecule has 340 valence electrons. The van der Waals surface area contributed by atoms with Crippen molar-refractivity contribution >= 4 is 115 Å². The predicted octanol–water partition coefficient (Wildman–Crippen LogP) is 17.7. The summed E-state index contributed by atoms with van der Waals surface area (Å²) in [6.45, 7) is 0. The second kappa shape index (κ2) is 19.4. The van der Waals surface area contributed by atoms with Gasteiger partial charge in [-0.2, -0.15) is 0 Å². The lowest BCUT2D eigenvalue weighted by atomic mass is 9.72. The Bertz CT molecular complexity index is 4780. The van der Waals surface area contributed by atoms with Crippen molar-refractivity contribution in [1.82, 2.24) is 0 Å². The van der Waals surface area contributed by atoms with Crippen LogP contribution in [0.5, 0.6) is 0 Å². The first-order valence-corrected chi connectivity index (χ1v) is 24.3. The number of halogens is 1. The molecule has 0 atom stereocenters. The Labute approximate surface area is 441 Å². The van der Waals surface area contributed by atoms with Gasteiger partial charge in [0.05, 0.1) is 13.7 Å². The van der Waals surface area contributed by atoms with Crippen LogP contribution in [0.25, 0.3) is 120 Å². The highest BCUT2D eigenvalue weighted by atomic mass is 79.9. The van der Waals surface area contributed by atoms with E-state index in [9.17, 15) is 10.0 Å². The van der Waals surface area contributed by atoms with Crippen molar-refractivity contribution in [2.75, 3.05) is 0 Å². The van der Waals surface area contributed by atoms with Crippen LogP contribution in [0.15, 0.2) is 271 Å². The molecule has 0 heterocycles. The molecule has 2 nitrogen and oxygen atoms in total. The second-order valence-corrected chi connectivity index (χ2v) is 18.4. The Morgan fingerprint density at radius 3 is 1.01 bits per heavy atom. The van der Waals surface area contributed by atoms with Crippen molar-refractivity contribution in [3.8, 4) is 33.4 Å². The lowest BCUT2D eigenvalue weighted by Gasteiger charge is -2.18. The van der Waals surface area contributed by atoms with Gasteiger partial charge < -0.3 is 10.0 Å². The Kier molecular flexibility index (Phi) is 9.40. The van der Waals surface area contributed by atoms with Crippen molar-refractivity contribution in [2.24, 2.45) is 0 Å². The Hall–Kier alpha value is -8.38. The molecule has 0 amide bonds. The van der Waals surface area contributed by atoms with Crippen molar-refractivity contribution in [3.63, 3.8) is 0 Å². The summed E-state index contributed by atoms with van der Waals surface area (Å²) >= 11 is 3.52. The molecule has 2 N–H and O–H groups in total. The van der Waals surface area contributed by atoms with Crippen LogP contribution in [0.2, 0.25) is 0 Å². The monoisotopic (exact) mass is 994 g/mol. The van der Waals surface area contributed by atoms with Gasteiger partial charge in [0.1, 0.15) is 0 Å². The minimum absolute atomic E-state index is 0.0948. The third kappa shape index (κ3) is 8.26. The highest BCUT2D eigenvalue weighted by molar-refractivity contribution is 9.10. The van der Waals surface area contributed by atoms with Crippen LogP contribution in [0.4, 0.5) is 0 Å². The first-order chi connectivity index (χ1) is 39.6. The molecular weight excluding hydrogens is 939 g/mol. The van der Waals surface area contributed by atoms with Crippen LogP contribution in [0, 0.1) is 0 Å². The summed E-state index contributed by atoms with van der Waals surface area (Å²) in [5.74, 6) is 0. The van der Waals surface area contributed by atoms with E-state index >= 15 is 0 Å². The number of rotatable bonds is 4. The zero-order valence-electron chi connectivity index (χ0n) is 48.5. The molecule has 0 aliphatic heterocycles. The van der Waals surface area contributed by atoms with Gasteiger partial charge in [-0.1, -0.05) is 264 Å². The Morgan fingerprint density at radius 2 is 0.597 bits per heavy atom. The zero-order chi connectivity index (χ0) is 57.2. The van der Waals surface area contributed by atoms with Crippen LogP contribution in [-0.2, 0) is 0 Å². The molecule has 4 heteroatoms. The topological polar surface area (TPSA) is 40.5 Å². The molecule has 0 bridgehead atoms. The predicted molar refractivity (Wildman–Crippen MR) is 313 cm³/mol. The van der Waals surface area contributed by atoms with E-state index in [1.807, 2.05) is 36.4 Å². The molecule has 0 fully saturated rings. The van der Waals surface area contributed by atoms with Gasteiger partial charge in [0, 0.05) is 4.47 Å². The van der Waals surface area contributed by atoms with E-state index in [2.05, 4.69) is 137 Å². The van der Waals surface area contributed by atoms with Gasteiger partial charge in [-0.25, -0.2) is 0 Å². The summed E-state index contributed by atoms with van der Waals surface area (Å²) in [5, 5.41) is 35.9. The average Bonchev–Trinajstić information content (AvgIpc) is 3.34.